The van der Waals surface area contributed by atoms with Gasteiger partial charge in [-0.2, -0.15) is 0 Å². The van der Waals surface area contributed by atoms with Gasteiger partial charge in [0.1, 0.15) is 5.75 Å². The van der Waals surface area contributed by atoms with E-state index in [0.29, 0.717) is 22.6 Å². The monoisotopic (exact) mass is 374 g/mol. The minimum atomic E-state index is -0.297. The number of hydrogen-bond donors (Lipinski definition) is 2. The Labute approximate surface area is 164 Å². The van der Waals surface area contributed by atoms with E-state index in [1.54, 1.807) is 55.6 Å². The van der Waals surface area contributed by atoms with Gasteiger partial charge >= 0.3 is 0 Å². The van der Waals surface area contributed by atoms with E-state index < -0.39 is 0 Å². The maximum Gasteiger partial charge on any atom is 0.255 e. The lowest BCUT2D eigenvalue weighted by atomic mass is 10.1. The molecule has 0 spiro atoms. The number of carbonyl (C=O) groups excluding carboxylic acids is 2. The molecule has 0 radical (unpaired) electrons. The summed E-state index contributed by atoms with van der Waals surface area (Å²) in [5.74, 6) is 0.0961. The van der Waals surface area contributed by atoms with Crippen molar-refractivity contribution in [1.29, 1.82) is 0 Å². The second-order valence-electron chi connectivity index (χ2n) is 6.54. The summed E-state index contributed by atoms with van der Waals surface area (Å²) in [5.41, 5.74) is 4.24. The van der Waals surface area contributed by atoms with Crippen molar-refractivity contribution in [3.8, 4) is 5.75 Å². The fourth-order valence-corrected chi connectivity index (χ4v) is 2.77. The van der Waals surface area contributed by atoms with Crippen LogP contribution in [0.5, 0.6) is 5.75 Å². The Morgan fingerprint density at radius 3 is 2.18 bits per heavy atom. The van der Waals surface area contributed by atoms with E-state index in [4.69, 9.17) is 4.74 Å². The highest BCUT2D eigenvalue weighted by Crippen LogP contribution is 2.19. The summed E-state index contributed by atoms with van der Waals surface area (Å²) in [6.07, 6.45) is 0. The second-order valence-corrected chi connectivity index (χ2v) is 6.54. The average Bonchev–Trinajstić information content (AvgIpc) is 2.71. The molecule has 142 valence electrons. The van der Waals surface area contributed by atoms with Crippen LogP contribution in [0.15, 0.2) is 66.7 Å². The molecule has 0 aliphatic rings. The van der Waals surface area contributed by atoms with Crippen molar-refractivity contribution in [2.75, 3.05) is 17.7 Å². The van der Waals surface area contributed by atoms with Crippen LogP contribution in [0, 0.1) is 13.8 Å². The van der Waals surface area contributed by atoms with Gasteiger partial charge in [0.25, 0.3) is 11.8 Å². The Kier molecular flexibility index (Phi) is 5.75. The summed E-state index contributed by atoms with van der Waals surface area (Å²) in [5, 5.41) is 5.73. The molecule has 3 aromatic carbocycles. The minimum Gasteiger partial charge on any atom is -0.497 e. The first kappa shape index (κ1) is 19.2. The van der Waals surface area contributed by atoms with Crippen LogP contribution in [0.4, 0.5) is 11.4 Å². The van der Waals surface area contributed by atoms with Gasteiger partial charge in [-0.3, -0.25) is 9.59 Å². The topological polar surface area (TPSA) is 67.4 Å². The third-order valence-electron chi connectivity index (χ3n) is 4.36. The number of methoxy groups -OCH3 is 1. The van der Waals surface area contributed by atoms with Crippen LogP contribution in [-0.4, -0.2) is 18.9 Å². The van der Waals surface area contributed by atoms with Crippen molar-refractivity contribution in [3.05, 3.63) is 89.0 Å². The summed E-state index contributed by atoms with van der Waals surface area (Å²) >= 11 is 0. The van der Waals surface area contributed by atoms with E-state index in [-0.39, 0.29) is 11.8 Å². The van der Waals surface area contributed by atoms with Gasteiger partial charge in [0.15, 0.2) is 0 Å². The number of carbonyl (C=O) groups is 2. The highest BCUT2D eigenvalue weighted by Gasteiger charge is 2.12. The van der Waals surface area contributed by atoms with Crippen LogP contribution in [-0.2, 0) is 0 Å². The number of rotatable bonds is 5. The standard InChI is InChI=1S/C23H22N2O3/c1-15-10-11-16(2)21(12-15)25-23(27)18-7-4-6-17(13-18)22(26)24-19-8-5-9-20(14-19)28-3/h4-14H,1-3H3,(H,24,26)(H,25,27). The molecule has 0 aliphatic carbocycles. The van der Waals surface area contributed by atoms with E-state index in [2.05, 4.69) is 10.6 Å². The lowest BCUT2D eigenvalue weighted by Crippen LogP contribution is -2.16. The summed E-state index contributed by atoms with van der Waals surface area (Å²) in [4.78, 5) is 25.2. The maximum absolute atomic E-state index is 12.6. The molecule has 5 nitrogen and oxygen atoms in total. The number of amides is 2. The fourth-order valence-electron chi connectivity index (χ4n) is 2.77. The summed E-state index contributed by atoms with van der Waals surface area (Å²) in [7, 11) is 1.57. The number of nitrogens with one attached hydrogen (secondary N) is 2. The first-order valence-electron chi connectivity index (χ1n) is 8.90. The quantitative estimate of drug-likeness (QED) is 0.673. The number of ether oxygens (including phenoxy) is 1. The molecule has 0 atom stereocenters. The Balaban J connectivity index is 1.76. The molecule has 0 heterocycles. The van der Waals surface area contributed by atoms with E-state index in [9.17, 15) is 9.59 Å². The molecule has 5 heteroatoms. The predicted molar refractivity (Wildman–Crippen MR) is 111 cm³/mol. The van der Waals surface area contributed by atoms with Gasteiger partial charge in [0, 0.05) is 28.6 Å². The molecule has 2 amide bonds. The van der Waals surface area contributed by atoms with Crippen LogP contribution >= 0.6 is 0 Å². The minimum absolute atomic E-state index is 0.260. The molecule has 0 bridgehead atoms. The predicted octanol–water partition coefficient (Wildman–Crippen LogP) is 4.82. The van der Waals surface area contributed by atoms with Crippen molar-refractivity contribution in [3.63, 3.8) is 0 Å². The van der Waals surface area contributed by atoms with Crippen LogP contribution in [0.25, 0.3) is 0 Å². The number of anilines is 2. The van der Waals surface area contributed by atoms with Crippen molar-refractivity contribution >= 4 is 23.2 Å². The van der Waals surface area contributed by atoms with Crippen molar-refractivity contribution in [2.24, 2.45) is 0 Å². The molecule has 0 unspecified atom stereocenters. The molecule has 0 fully saturated rings. The van der Waals surface area contributed by atoms with Crippen LogP contribution in [0.1, 0.15) is 31.8 Å². The first-order chi connectivity index (χ1) is 13.5. The lowest BCUT2D eigenvalue weighted by molar-refractivity contribution is 0.102. The third kappa shape index (κ3) is 4.57. The smallest absolute Gasteiger partial charge is 0.255 e. The van der Waals surface area contributed by atoms with Crippen LogP contribution in [0.3, 0.4) is 0 Å². The Morgan fingerprint density at radius 1 is 0.786 bits per heavy atom. The van der Waals surface area contributed by atoms with Crippen molar-refractivity contribution < 1.29 is 14.3 Å². The van der Waals surface area contributed by atoms with Crippen molar-refractivity contribution in [1.82, 2.24) is 0 Å². The normalized spacial score (nSPS) is 10.2. The van der Waals surface area contributed by atoms with Gasteiger partial charge in [0.05, 0.1) is 7.11 Å². The SMILES string of the molecule is COc1cccc(NC(=O)c2cccc(C(=O)Nc3cc(C)ccc3C)c2)c1. The van der Waals surface area contributed by atoms with Gasteiger partial charge in [-0.15, -0.1) is 0 Å². The lowest BCUT2D eigenvalue weighted by Gasteiger charge is -2.11. The maximum atomic E-state index is 12.6. The largest absolute Gasteiger partial charge is 0.497 e. The van der Waals surface area contributed by atoms with Crippen LogP contribution < -0.4 is 15.4 Å². The van der Waals surface area contributed by atoms with E-state index >= 15 is 0 Å². The van der Waals surface area contributed by atoms with Gasteiger partial charge in [-0.25, -0.2) is 0 Å². The molecule has 3 aromatic rings. The zero-order valence-electron chi connectivity index (χ0n) is 16.1. The van der Waals surface area contributed by atoms with E-state index in [0.717, 1.165) is 16.8 Å². The zero-order valence-corrected chi connectivity index (χ0v) is 16.1. The number of aryl methyl sites for hydroxylation is 2. The molecule has 0 saturated heterocycles. The van der Waals surface area contributed by atoms with Gasteiger partial charge in [-0.05, 0) is 61.4 Å². The van der Waals surface area contributed by atoms with Gasteiger partial charge in [-0.1, -0.05) is 24.3 Å². The second kappa shape index (κ2) is 8.39. The molecule has 2 N–H and O–H groups in total. The fraction of sp³-hybridized carbons (Fsp3) is 0.130. The van der Waals surface area contributed by atoms with Crippen LogP contribution in [0.2, 0.25) is 0 Å². The highest BCUT2D eigenvalue weighted by molar-refractivity contribution is 6.09. The zero-order chi connectivity index (χ0) is 20.1. The van der Waals surface area contributed by atoms with E-state index in [1.165, 1.54) is 0 Å². The molecular formula is C23H22N2O3. The summed E-state index contributed by atoms with van der Waals surface area (Å²) in [6.45, 7) is 3.91. The highest BCUT2D eigenvalue weighted by atomic mass is 16.5. The van der Waals surface area contributed by atoms with E-state index in [1.807, 2.05) is 32.0 Å². The Hall–Kier alpha value is -3.60. The number of hydrogen-bond acceptors (Lipinski definition) is 3. The number of benzene rings is 3. The first-order valence-corrected chi connectivity index (χ1v) is 8.90. The summed E-state index contributed by atoms with van der Waals surface area (Å²) in [6, 6.07) is 19.6. The van der Waals surface area contributed by atoms with Gasteiger partial charge < -0.3 is 15.4 Å². The van der Waals surface area contributed by atoms with Crippen molar-refractivity contribution in [2.45, 2.75) is 13.8 Å². The Morgan fingerprint density at radius 2 is 1.46 bits per heavy atom. The third-order valence-corrected chi connectivity index (χ3v) is 4.36. The molecule has 0 aromatic heterocycles. The summed E-state index contributed by atoms with van der Waals surface area (Å²) < 4.78 is 5.16. The molecule has 3 rings (SSSR count). The van der Waals surface area contributed by atoms with Gasteiger partial charge in [0.2, 0.25) is 0 Å². The molecule has 0 saturated carbocycles. The average molecular weight is 374 g/mol. The molecule has 0 aliphatic heterocycles. The molecule has 28 heavy (non-hydrogen) atoms. The Bertz CT molecular complexity index is 1030. The molecular weight excluding hydrogens is 352 g/mol.